The molecule has 0 aliphatic heterocycles. The van der Waals surface area contributed by atoms with Crippen LogP contribution in [0.1, 0.15) is 32.5 Å². The van der Waals surface area contributed by atoms with Crippen molar-refractivity contribution >= 4 is 11.0 Å². The predicted molar refractivity (Wildman–Crippen MR) is 63.9 cm³/mol. The van der Waals surface area contributed by atoms with Crippen molar-refractivity contribution in [1.29, 1.82) is 0 Å². The summed E-state index contributed by atoms with van der Waals surface area (Å²) in [5.41, 5.74) is 2.23. The molecule has 0 amide bonds. The minimum absolute atomic E-state index is 0.786. The molecule has 0 saturated heterocycles. The van der Waals surface area contributed by atoms with Gasteiger partial charge in [0.05, 0.1) is 11.0 Å². The van der Waals surface area contributed by atoms with E-state index >= 15 is 0 Å². The SMILES string of the molecule is CC(C)CCCc1nc2ccccc2[nH]1. The standard InChI is InChI=1S/C13H18N2/c1-10(2)6-5-9-13-14-11-7-3-4-8-12(11)15-13/h3-4,7-8,10H,5-6,9H2,1-2H3,(H,14,15). The fourth-order valence-corrected chi connectivity index (χ4v) is 1.80. The molecule has 2 nitrogen and oxygen atoms in total. The van der Waals surface area contributed by atoms with Crippen molar-refractivity contribution in [3.05, 3.63) is 30.1 Å². The maximum atomic E-state index is 4.55. The highest BCUT2D eigenvalue weighted by atomic mass is 14.9. The molecule has 1 heterocycles. The third kappa shape index (κ3) is 2.58. The third-order valence-electron chi connectivity index (χ3n) is 2.63. The number of aromatic amines is 1. The molecule has 0 fully saturated rings. The number of hydrogen-bond acceptors (Lipinski definition) is 1. The Balaban J connectivity index is 2.03. The average molecular weight is 202 g/mol. The predicted octanol–water partition coefficient (Wildman–Crippen LogP) is 3.54. The molecule has 0 aliphatic carbocycles. The van der Waals surface area contributed by atoms with Crippen LogP contribution in [0.3, 0.4) is 0 Å². The first-order valence-corrected chi connectivity index (χ1v) is 5.69. The van der Waals surface area contributed by atoms with E-state index in [2.05, 4.69) is 35.9 Å². The Morgan fingerprint density at radius 3 is 2.80 bits per heavy atom. The van der Waals surface area contributed by atoms with Gasteiger partial charge in [-0.05, 0) is 24.5 Å². The zero-order valence-electron chi connectivity index (χ0n) is 9.46. The number of nitrogens with zero attached hydrogens (tertiary/aromatic N) is 1. The minimum atomic E-state index is 0.786. The number of aryl methyl sites for hydroxylation is 1. The Labute approximate surface area is 90.7 Å². The second-order valence-corrected chi connectivity index (χ2v) is 4.49. The quantitative estimate of drug-likeness (QED) is 0.807. The van der Waals surface area contributed by atoms with E-state index in [-0.39, 0.29) is 0 Å². The van der Waals surface area contributed by atoms with Gasteiger partial charge in [-0.2, -0.15) is 0 Å². The van der Waals surface area contributed by atoms with Gasteiger partial charge in [-0.1, -0.05) is 32.4 Å². The molecule has 1 N–H and O–H groups in total. The number of aromatic nitrogens is 2. The Hall–Kier alpha value is -1.31. The Morgan fingerprint density at radius 2 is 2.07 bits per heavy atom. The summed E-state index contributed by atoms with van der Waals surface area (Å²) in [7, 11) is 0. The number of nitrogens with one attached hydrogen (secondary N) is 1. The number of para-hydroxylation sites is 2. The van der Waals surface area contributed by atoms with E-state index in [9.17, 15) is 0 Å². The van der Waals surface area contributed by atoms with Gasteiger partial charge < -0.3 is 4.98 Å². The van der Waals surface area contributed by atoms with Crippen molar-refractivity contribution in [1.82, 2.24) is 9.97 Å². The van der Waals surface area contributed by atoms with Crippen LogP contribution in [0.2, 0.25) is 0 Å². The number of benzene rings is 1. The summed E-state index contributed by atoms with van der Waals surface area (Å²) in [6.45, 7) is 4.53. The normalized spacial score (nSPS) is 11.4. The largest absolute Gasteiger partial charge is 0.342 e. The first-order chi connectivity index (χ1) is 7.25. The maximum absolute atomic E-state index is 4.55. The van der Waals surface area contributed by atoms with Crippen molar-refractivity contribution in [2.45, 2.75) is 33.1 Å². The first-order valence-electron chi connectivity index (χ1n) is 5.69. The summed E-state index contributed by atoms with van der Waals surface area (Å²) >= 11 is 0. The molecular weight excluding hydrogens is 184 g/mol. The molecule has 0 bridgehead atoms. The summed E-state index contributed by atoms with van der Waals surface area (Å²) in [4.78, 5) is 7.91. The van der Waals surface area contributed by atoms with Crippen LogP contribution in [0.4, 0.5) is 0 Å². The molecule has 1 aromatic carbocycles. The highest BCUT2D eigenvalue weighted by Crippen LogP contribution is 2.13. The van der Waals surface area contributed by atoms with E-state index in [0.29, 0.717) is 0 Å². The summed E-state index contributed by atoms with van der Waals surface area (Å²) in [5.74, 6) is 1.91. The van der Waals surface area contributed by atoms with Crippen molar-refractivity contribution in [2.24, 2.45) is 5.92 Å². The Bertz CT molecular complexity index is 396. The third-order valence-corrected chi connectivity index (χ3v) is 2.63. The summed E-state index contributed by atoms with van der Waals surface area (Å²) in [6, 6.07) is 8.20. The second-order valence-electron chi connectivity index (χ2n) is 4.49. The van der Waals surface area contributed by atoms with Crippen LogP contribution >= 0.6 is 0 Å². The molecule has 0 aliphatic rings. The van der Waals surface area contributed by atoms with Gasteiger partial charge in [0, 0.05) is 6.42 Å². The van der Waals surface area contributed by atoms with Gasteiger partial charge in [0.2, 0.25) is 0 Å². The number of hydrogen-bond donors (Lipinski definition) is 1. The lowest BCUT2D eigenvalue weighted by molar-refractivity contribution is 0.551. The molecule has 80 valence electrons. The van der Waals surface area contributed by atoms with Gasteiger partial charge in [-0.3, -0.25) is 0 Å². The highest BCUT2D eigenvalue weighted by Gasteiger charge is 2.02. The van der Waals surface area contributed by atoms with Gasteiger partial charge in [0.15, 0.2) is 0 Å². The van der Waals surface area contributed by atoms with E-state index in [0.717, 1.165) is 29.2 Å². The number of fused-ring (bicyclic) bond motifs is 1. The summed E-state index contributed by atoms with van der Waals surface area (Å²) in [6.07, 6.45) is 3.56. The molecule has 2 aromatic rings. The summed E-state index contributed by atoms with van der Waals surface area (Å²) < 4.78 is 0. The maximum Gasteiger partial charge on any atom is 0.107 e. The number of H-pyrrole nitrogens is 1. The molecule has 0 unspecified atom stereocenters. The molecule has 0 saturated carbocycles. The van der Waals surface area contributed by atoms with E-state index < -0.39 is 0 Å². The summed E-state index contributed by atoms with van der Waals surface area (Å²) in [5, 5.41) is 0. The molecule has 0 spiro atoms. The number of rotatable bonds is 4. The molecule has 2 rings (SSSR count). The smallest absolute Gasteiger partial charge is 0.107 e. The van der Waals surface area contributed by atoms with E-state index in [1.54, 1.807) is 0 Å². The van der Waals surface area contributed by atoms with Gasteiger partial charge >= 0.3 is 0 Å². The molecule has 1 aromatic heterocycles. The van der Waals surface area contributed by atoms with Crippen LogP contribution in [-0.4, -0.2) is 9.97 Å². The van der Waals surface area contributed by atoms with Crippen LogP contribution in [0.25, 0.3) is 11.0 Å². The lowest BCUT2D eigenvalue weighted by atomic mass is 10.1. The zero-order chi connectivity index (χ0) is 10.7. The fourth-order valence-electron chi connectivity index (χ4n) is 1.80. The molecule has 0 atom stereocenters. The zero-order valence-corrected chi connectivity index (χ0v) is 9.46. The van der Waals surface area contributed by atoms with Crippen LogP contribution < -0.4 is 0 Å². The van der Waals surface area contributed by atoms with E-state index in [4.69, 9.17) is 0 Å². The van der Waals surface area contributed by atoms with E-state index in [1.165, 1.54) is 12.8 Å². The topological polar surface area (TPSA) is 28.7 Å². The average Bonchev–Trinajstić information content (AvgIpc) is 2.59. The molecule has 2 heteroatoms. The van der Waals surface area contributed by atoms with Crippen molar-refractivity contribution < 1.29 is 0 Å². The van der Waals surface area contributed by atoms with Crippen molar-refractivity contribution in [2.75, 3.05) is 0 Å². The highest BCUT2D eigenvalue weighted by molar-refractivity contribution is 5.74. The van der Waals surface area contributed by atoms with Crippen LogP contribution in [0.5, 0.6) is 0 Å². The van der Waals surface area contributed by atoms with Gasteiger partial charge in [-0.15, -0.1) is 0 Å². The van der Waals surface area contributed by atoms with Crippen molar-refractivity contribution in [3.8, 4) is 0 Å². The Morgan fingerprint density at radius 1 is 1.27 bits per heavy atom. The fraction of sp³-hybridized carbons (Fsp3) is 0.462. The minimum Gasteiger partial charge on any atom is -0.342 e. The van der Waals surface area contributed by atoms with Gasteiger partial charge in [0.25, 0.3) is 0 Å². The van der Waals surface area contributed by atoms with Gasteiger partial charge in [0.1, 0.15) is 5.82 Å². The molecule has 15 heavy (non-hydrogen) atoms. The second kappa shape index (κ2) is 4.47. The van der Waals surface area contributed by atoms with E-state index in [1.807, 2.05) is 12.1 Å². The lowest BCUT2D eigenvalue weighted by Gasteiger charge is -2.01. The lowest BCUT2D eigenvalue weighted by Crippen LogP contribution is -1.92. The van der Waals surface area contributed by atoms with Crippen LogP contribution in [0, 0.1) is 5.92 Å². The number of imidazole rings is 1. The monoisotopic (exact) mass is 202 g/mol. The van der Waals surface area contributed by atoms with Crippen LogP contribution in [-0.2, 0) is 6.42 Å². The Kier molecular flexibility index (Phi) is 3.05. The van der Waals surface area contributed by atoms with Gasteiger partial charge in [-0.25, -0.2) is 4.98 Å². The van der Waals surface area contributed by atoms with Crippen LogP contribution in [0.15, 0.2) is 24.3 Å². The molecular formula is C13H18N2. The first kappa shape index (κ1) is 10.2. The van der Waals surface area contributed by atoms with Crippen molar-refractivity contribution in [3.63, 3.8) is 0 Å². The molecule has 0 radical (unpaired) electrons.